The molecule has 2 unspecified atom stereocenters. The standard InChI is InChI=1S/C18H20F7NO7S/c1-2-13(27)33-16(17(21,22)23,14(28)26-12-8-4-3-5-9-12)32-11-7-6-10-15(19,20)18(24,25)34(29,30)31/h2-5,8-9,13,27H,1,6-7,10-11H2,(H,26,28)(H,29,30,31). The summed E-state index contributed by atoms with van der Waals surface area (Å²) in [6.45, 7) is 1.81. The molecule has 0 bridgehead atoms. The van der Waals surface area contributed by atoms with E-state index in [1.807, 2.05) is 5.32 Å². The van der Waals surface area contributed by atoms with Gasteiger partial charge in [0.05, 0.1) is 6.61 Å². The van der Waals surface area contributed by atoms with Crippen molar-refractivity contribution >= 4 is 21.7 Å². The molecule has 194 valence electrons. The van der Waals surface area contributed by atoms with Crippen LogP contribution in [-0.4, -0.2) is 60.0 Å². The summed E-state index contributed by atoms with van der Waals surface area (Å²) in [5.41, 5.74) is -0.131. The van der Waals surface area contributed by atoms with Crippen LogP contribution >= 0.6 is 0 Å². The van der Waals surface area contributed by atoms with Gasteiger partial charge in [-0.05, 0) is 31.1 Å². The SMILES string of the molecule is C=CC(O)OC(OCCCCC(F)(F)C(F)(F)S(=O)(=O)O)(C(=O)Nc1ccccc1)C(F)(F)F. The van der Waals surface area contributed by atoms with E-state index in [9.17, 15) is 49.1 Å². The number of amides is 1. The van der Waals surface area contributed by atoms with Crippen LogP contribution in [0.3, 0.4) is 0 Å². The molecule has 0 aliphatic carbocycles. The number of rotatable bonds is 13. The first-order valence-corrected chi connectivity index (χ1v) is 10.6. The molecule has 0 saturated heterocycles. The number of ether oxygens (including phenoxy) is 2. The molecule has 1 rings (SSSR count). The second kappa shape index (κ2) is 11.0. The number of unbranched alkanes of at least 4 members (excludes halogenated alkanes) is 1. The zero-order valence-corrected chi connectivity index (χ0v) is 17.9. The van der Waals surface area contributed by atoms with Gasteiger partial charge in [0.25, 0.3) is 5.91 Å². The molecule has 34 heavy (non-hydrogen) atoms. The number of carbonyl (C=O) groups excluding carboxylic acids is 1. The lowest BCUT2D eigenvalue weighted by atomic mass is 10.1. The lowest BCUT2D eigenvalue weighted by Crippen LogP contribution is -2.60. The molecular formula is C18H20F7NO7S. The van der Waals surface area contributed by atoms with Gasteiger partial charge in [0.2, 0.25) is 0 Å². The lowest BCUT2D eigenvalue weighted by Gasteiger charge is -2.34. The summed E-state index contributed by atoms with van der Waals surface area (Å²) < 4.78 is 133. The molecule has 1 aromatic rings. The molecular weight excluding hydrogens is 507 g/mol. The summed E-state index contributed by atoms with van der Waals surface area (Å²) in [6, 6.07) is 6.64. The van der Waals surface area contributed by atoms with Crippen LogP contribution in [0.15, 0.2) is 43.0 Å². The highest BCUT2D eigenvalue weighted by Crippen LogP contribution is 2.42. The molecule has 0 heterocycles. The predicted molar refractivity (Wildman–Crippen MR) is 102 cm³/mol. The van der Waals surface area contributed by atoms with Crippen LogP contribution in [0.2, 0.25) is 0 Å². The number of halogens is 7. The van der Waals surface area contributed by atoms with E-state index in [4.69, 9.17) is 4.55 Å². The molecule has 8 nitrogen and oxygen atoms in total. The highest BCUT2D eigenvalue weighted by molar-refractivity contribution is 7.87. The van der Waals surface area contributed by atoms with E-state index in [0.717, 1.165) is 0 Å². The maximum atomic E-state index is 13.8. The van der Waals surface area contributed by atoms with E-state index in [2.05, 4.69) is 16.1 Å². The largest absolute Gasteiger partial charge is 0.453 e. The number of hydrogen-bond acceptors (Lipinski definition) is 6. The van der Waals surface area contributed by atoms with Crippen LogP contribution in [0.5, 0.6) is 0 Å². The normalized spacial score (nSPS) is 15.9. The summed E-state index contributed by atoms with van der Waals surface area (Å²) in [4.78, 5) is 12.5. The van der Waals surface area contributed by atoms with Gasteiger partial charge in [-0.3, -0.25) is 9.35 Å². The third-order valence-corrected chi connectivity index (χ3v) is 5.08. The van der Waals surface area contributed by atoms with Crippen LogP contribution in [-0.2, 0) is 24.4 Å². The van der Waals surface area contributed by atoms with Crippen LogP contribution in [0.1, 0.15) is 19.3 Å². The fourth-order valence-corrected chi connectivity index (χ4v) is 2.86. The Kier molecular flexibility index (Phi) is 9.61. The maximum Gasteiger partial charge on any atom is 0.453 e. The minimum absolute atomic E-state index is 0.131. The number of para-hydroxylation sites is 1. The molecule has 0 fully saturated rings. The Bertz CT molecular complexity index is 942. The first-order chi connectivity index (χ1) is 15.4. The van der Waals surface area contributed by atoms with Crippen molar-refractivity contribution in [3.05, 3.63) is 43.0 Å². The number of aliphatic hydroxyl groups is 1. The highest BCUT2D eigenvalue weighted by atomic mass is 32.2. The Balaban J connectivity index is 3.02. The fourth-order valence-electron chi connectivity index (χ4n) is 2.38. The summed E-state index contributed by atoms with van der Waals surface area (Å²) in [7, 11) is -6.48. The quantitative estimate of drug-likeness (QED) is 0.118. The summed E-state index contributed by atoms with van der Waals surface area (Å²) in [5.74, 6) is -11.4. The van der Waals surface area contributed by atoms with E-state index in [1.165, 1.54) is 30.3 Å². The number of hydrogen-bond donors (Lipinski definition) is 3. The zero-order valence-electron chi connectivity index (χ0n) is 17.1. The van der Waals surface area contributed by atoms with Gasteiger partial charge in [0.1, 0.15) is 0 Å². The molecule has 0 aliphatic heterocycles. The second-order valence-corrected chi connectivity index (χ2v) is 8.14. The number of anilines is 1. The Hall–Kier alpha value is -2.27. The van der Waals surface area contributed by atoms with Crippen LogP contribution < -0.4 is 5.32 Å². The van der Waals surface area contributed by atoms with Gasteiger partial charge < -0.3 is 19.9 Å². The molecule has 0 radical (unpaired) electrons. The molecule has 1 aromatic carbocycles. The Morgan fingerprint density at radius 1 is 1.09 bits per heavy atom. The minimum atomic E-state index is -6.48. The van der Waals surface area contributed by atoms with E-state index < -0.39 is 71.3 Å². The van der Waals surface area contributed by atoms with Gasteiger partial charge in [-0.15, -0.1) is 0 Å². The van der Waals surface area contributed by atoms with Crippen LogP contribution in [0, 0.1) is 0 Å². The van der Waals surface area contributed by atoms with E-state index in [-0.39, 0.29) is 5.69 Å². The Morgan fingerprint density at radius 3 is 2.12 bits per heavy atom. The van der Waals surface area contributed by atoms with Crippen molar-refractivity contribution in [3.63, 3.8) is 0 Å². The molecule has 1 amide bonds. The lowest BCUT2D eigenvalue weighted by molar-refractivity contribution is -0.381. The number of alkyl halides is 7. The molecule has 0 saturated carbocycles. The van der Waals surface area contributed by atoms with Crippen molar-refractivity contribution in [2.24, 2.45) is 0 Å². The number of benzene rings is 1. The smallest absolute Gasteiger partial charge is 0.365 e. The zero-order chi connectivity index (χ0) is 26.4. The van der Waals surface area contributed by atoms with Crippen molar-refractivity contribution in [3.8, 4) is 0 Å². The van der Waals surface area contributed by atoms with Gasteiger partial charge in [-0.25, -0.2) is 0 Å². The van der Waals surface area contributed by atoms with Gasteiger partial charge in [-0.2, -0.15) is 39.2 Å². The van der Waals surface area contributed by atoms with Crippen molar-refractivity contribution in [2.75, 3.05) is 11.9 Å². The topological polar surface area (TPSA) is 122 Å². The highest BCUT2D eigenvalue weighted by Gasteiger charge is 2.66. The van der Waals surface area contributed by atoms with E-state index >= 15 is 0 Å². The van der Waals surface area contributed by atoms with E-state index in [0.29, 0.717) is 6.08 Å². The minimum Gasteiger partial charge on any atom is -0.365 e. The van der Waals surface area contributed by atoms with Crippen molar-refractivity contribution in [1.82, 2.24) is 0 Å². The first kappa shape index (κ1) is 29.8. The average Bonchev–Trinajstić information content (AvgIpc) is 2.71. The number of aliphatic hydroxyl groups excluding tert-OH is 1. The Labute approximate surface area is 189 Å². The maximum absolute atomic E-state index is 13.8. The van der Waals surface area contributed by atoms with E-state index in [1.54, 1.807) is 0 Å². The van der Waals surface area contributed by atoms with Crippen LogP contribution in [0.25, 0.3) is 0 Å². The molecule has 16 heteroatoms. The van der Waals surface area contributed by atoms with Gasteiger partial charge in [0, 0.05) is 12.1 Å². The second-order valence-electron chi connectivity index (χ2n) is 6.68. The number of carbonyl (C=O) groups is 1. The predicted octanol–water partition coefficient (Wildman–Crippen LogP) is 3.71. The molecule has 2 atom stereocenters. The summed E-state index contributed by atoms with van der Waals surface area (Å²) in [6.07, 6.45) is -11.2. The summed E-state index contributed by atoms with van der Waals surface area (Å²) >= 11 is 0. The van der Waals surface area contributed by atoms with Gasteiger partial charge in [-0.1, -0.05) is 24.8 Å². The van der Waals surface area contributed by atoms with Crippen molar-refractivity contribution in [1.29, 1.82) is 0 Å². The van der Waals surface area contributed by atoms with Crippen LogP contribution in [0.4, 0.5) is 36.4 Å². The third-order valence-electron chi connectivity index (χ3n) is 4.13. The van der Waals surface area contributed by atoms with Crippen molar-refractivity contribution in [2.45, 2.75) is 48.7 Å². The Morgan fingerprint density at radius 2 is 1.65 bits per heavy atom. The first-order valence-electron chi connectivity index (χ1n) is 9.19. The number of nitrogens with one attached hydrogen (secondary N) is 1. The van der Waals surface area contributed by atoms with Crippen molar-refractivity contribution < 1.29 is 63.1 Å². The summed E-state index contributed by atoms with van der Waals surface area (Å²) in [5, 5.41) is 5.49. The average molecular weight is 527 g/mol. The van der Waals surface area contributed by atoms with Gasteiger partial charge >= 0.3 is 33.3 Å². The molecule has 3 N–H and O–H groups in total. The molecule has 0 spiro atoms. The third kappa shape index (κ3) is 6.88. The fraction of sp³-hybridized carbons (Fsp3) is 0.500. The monoisotopic (exact) mass is 527 g/mol. The molecule has 0 aliphatic rings. The van der Waals surface area contributed by atoms with Gasteiger partial charge in [0.15, 0.2) is 6.29 Å². The molecule has 0 aromatic heterocycles.